The summed E-state index contributed by atoms with van der Waals surface area (Å²) >= 11 is 0. The van der Waals surface area contributed by atoms with Gasteiger partial charge in [0.1, 0.15) is 5.82 Å². The third kappa shape index (κ3) is 3.04. The lowest BCUT2D eigenvalue weighted by Crippen LogP contribution is -2.36. The van der Waals surface area contributed by atoms with Crippen LogP contribution in [0.5, 0.6) is 0 Å². The van der Waals surface area contributed by atoms with E-state index < -0.39 is 10.7 Å². The minimum absolute atomic E-state index is 0.193. The molecule has 0 amide bonds. The molecular weight excluding hydrogens is 235 g/mol. The van der Waals surface area contributed by atoms with Gasteiger partial charge >= 0.3 is 0 Å². The lowest BCUT2D eigenvalue weighted by molar-refractivity contribution is -0.385. The van der Waals surface area contributed by atoms with Crippen molar-refractivity contribution >= 4 is 5.69 Å². The predicted octanol–water partition coefficient (Wildman–Crippen LogP) is 3.01. The third-order valence-corrected chi connectivity index (χ3v) is 3.59. The van der Waals surface area contributed by atoms with Gasteiger partial charge in [0.15, 0.2) is 0 Å². The van der Waals surface area contributed by atoms with Gasteiger partial charge in [-0.05, 0) is 29.9 Å². The fourth-order valence-electron chi connectivity index (χ4n) is 2.31. The summed E-state index contributed by atoms with van der Waals surface area (Å²) in [6, 6.07) is 3.69. The van der Waals surface area contributed by atoms with E-state index in [1.807, 2.05) is 0 Å². The van der Waals surface area contributed by atoms with Crippen LogP contribution in [0.1, 0.15) is 31.7 Å². The summed E-state index contributed by atoms with van der Waals surface area (Å²) in [6.45, 7) is 3.56. The molecule has 5 heteroatoms. The molecule has 1 aliphatic rings. The Balaban J connectivity index is 1.94. The molecule has 0 aromatic heterocycles. The number of hydrogen-bond acceptors (Lipinski definition) is 3. The normalized spacial score (nSPS) is 17.2. The van der Waals surface area contributed by atoms with Crippen molar-refractivity contribution in [3.05, 3.63) is 39.7 Å². The van der Waals surface area contributed by atoms with Crippen LogP contribution in [0.2, 0.25) is 0 Å². The predicted molar refractivity (Wildman–Crippen MR) is 66.7 cm³/mol. The maximum Gasteiger partial charge on any atom is 0.272 e. The summed E-state index contributed by atoms with van der Waals surface area (Å²) in [6.07, 6.45) is 3.69. The lowest BCUT2D eigenvalue weighted by atomic mass is 9.70. The van der Waals surface area contributed by atoms with Crippen LogP contribution in [0.15, 0.2) is 18.2 Å². The average Bonchev–Trinajstić information content (AvgIpc) is 2.26. The number of nitrogens with one attached hydrogen (secondary N) is 1. The van der Waals surface area contributed by atoms with E-state index >= 15 is 0 Å². The van der Waals surface area contributed by atoms with E-state index in [1.54, 1.807) is 0 Å². The van der Waals surface area contributed by atoms with Crippen molar-refractivity contribution in [3.8, 4) is 0 Å². The van der Waals surface area contributed by atoms with Gasteiger partial charge in [-0.1, -0.05) is 13.3 Å². The molecule has 0 spiro atoms. The van der Waals surface area contributed by atoms with Crippen LogP contribution in [-0.4, -0.2) is 11.5 Å². The molecule has 1 aromatic rings. The first kappa shape index (κ1) is 13.0. The van der Waals surface area contributed by atoms with Gasteiger partial charge in [-0.3, -0.25) is 10.1 Å². The van der Waals surface area contributed by atoms with Crippen molar-refractivity contribution in [2.45, 2.75) is 32.7 Å². The Morgan fingerprint density at radius 2 is 2.17 bits per heavy atom. The molecule has 0 unspecified atom stereocenters. The minimum atomic E-state index is -0.570. The van der Waals surface area contributed by atoms with E-state index in [0.717, 1.165) is 12.6 Å². The summed E-state index contributed by atoms with van der Waals surface area (Å²) in [4.78, 5) is 10.0. The van der Waals surface area contributed by atoms with E-state index in [9.17, 15) is 14.5 Å². The van der Waals surface area contributed by atoms with Crippen LogP contribution in [0.4, 0.5) is 10.1 Å². The van der Waals surface area contributed by atoms with Crippen molar-refractivity contribution in [1.29, 1.82) is 0 Å². The van der Waals surface area contributed by atoms with Crippen LogP contribution < -0.4 is 5.32 Å². The highest BCUT2D eigenvalue weighted by atomic mass is 19.1. The molecular formula is C13H17FN2O2. The number of nitro groups is 1. The van der Waals surface area contributed by atoms with Crippen LogP contribution in [0.25, 0.3) is 0 Å². The van der Waals surface area contributed by atoms with Gasteiger partial charge in [0.2, 0.25) is 0 Å². The van der Waals surface area contributed by atoms with Crippen molar-refractivity contribution in [1.82, 2.24) is 5.32 Å². The number of hydrogen-bond donors (Lipinski definition) is 1. The molecule has 98 valence electrons. The standard InChI is InChI=1S/C13H17FN2O2/c1-13(3-2-4-13)9-15-8-10-5-11(14)7-12(6-10)16(17)18/h5-7,15H,2-4,8-9H2,1H3. The first-order valence-electron chi connectivity index (χ1n) is 6.13. The number of rotatable bonds is 5. The third-order valence-electron chi connectivity index (χ3n) is 3.59. The molecule has 18 heavy (non-hydrogen) atoms. The molecule has 1 saturated carbocycles. The average molecular weight is 252 g/mol. The van der Waals surface area contributed by atoms with Gasteiger partial charge in [-0.15, -0.1) is 0 Å². The number of non-ortho nitro benzene ring substituents is 1. The number of nitro benzene ring substituents is 1. The highest BCUT2D eigenvalue weighted by molar-refractivity contribution is 5.35. The lowest BCUT2D eigenvalue weighted by Gasteiger charge is -2.38. The first-order chi connectivity index (χ1) is 8.48. The monoisotopic (exact) mass is 252 g/mol. The van der Waals surface area contributed by atoms with Gasteiger partial charge in [-0.25, -0.2) is 4.39 Å². The smallest absolute Gasteiger partial charge is 0.272 e. The molecule has 2 rings (SSSR count). The van der Waals surface area contributed by atoms with Crippen molar-refractivity contribution in [2.75, 3.05) is 6.54 Å². The molecule has 1 aliphatic carbocycles. The summed E-state index contributed by atoms with van der Waals surface area (Å²) in [5.41, 5.74) is 0.769. The Labute approximate surface area is 105 Å². The Kier molecular flexibility index (Phi) is 3.61. The van der Waals surface area contributed by atoms with Crippen LogP contribution in [0.3, 0.4) is 0 Å². The zero-order chi connectivity index (χ0) is 13.2. The summed E-state index contributed by atoms with van der Waals surface area (Å²) in [5.74, 6) is -0.559. The minimum Gasteiger partial charge on any atom is -0.312 e. The van der Waals surface area contributed by atoms with Gasteiger partial charge in [-0.2, -0.15) is 0 Å². The number of benzene rings is 1. The van der Waals surface area contributed by atoms with Crippen LogP contribution in [0, 0.1) is 21.3 Å². The van der Waals surface area contributed by atoms with E-state index in [4.69, 9.17) is 0 Å². The van der Waals surface area contributed by atoms with Crippen LogP contribution >= 0.6 is 0 Å². The zero-order valence-electron chi connectivity index (χ0n) is 10.4. The molecule has 1 aromatic carbocycles. The zero-order valence-corrected chi connectivity index (χ0v) is 10.4. The summed E-state index contributed by atoms with van der Waals surface area (Å²) < 4.78 is 13.2. The molecule has 0 atom stereocenters. The molecule has 0 heterocycles. The van der Waals surface area contributed by atoms with E-state index in [-0.39, 0.29) is 5.69 Å². The highest BCUT2D eigenvalue weighted by Crippen LogP contribution is 2.39. The Hall–Kier alpha value is -1.49. The Bertz CT molecular complexity index is 458. The van der Waals surface area contributed by atoms with Crippen molar-refractivity contribution in [2.24, 2.45) is 5.41 Å². The number of halogens is 1. The second-order valence-electron chi connectivity index (χ2n) is 5.34. The van der Waals surface area contributed by atoms with E-state index in [0.29, 0.717) is 17.5 Å². The van der Waals surface area contributed by atoms with E-state index in [1.165, 1.54) is 31.4 Å². The first-order valence-corrected chi connectivity index (χ1v) is 6.13. The largest absolute Gasteiger partial charge is 0.312 e. The SMILES string of the molecule is CC1(CNCc2cc(F)cc([N+](=O)[O-])c2)CCC1. The summed E-state index contributed by atoms with van der Waals surface area (Å²) in [5, 5.41) is 13.9. The van der Waals surface area contributed by atoms with Crippen molar-refractivity contribution in [3.63, 3.8) is 0 Å². The number of nitrogens with zero attached hydrogens (tertiary/aromatic N) is 1. The molecule has 0 saturated heterocycles. The van der Waals surface area contributed by atoms with E-state index in [2.05, 4.69) is 12.2 Å². The molecule has 0 bridgehead atoms. The maximum absolute atomic E-state index is 13.2. The quantitative estimate of drug-likeness (QED) is 0.647. The van der Waals surface area contributed by atoms with Crippen LogP contribution in [-0.2, 0) is 6.54 Å². The second-order valence-corrected chi connectivity index (χ2v) is 5.34. The second kappa shape index (κ2) is 5.02. The molecule has 0 radical (unpaired) electrons. The Morgan fingerprint density at radius 1 is 1.44 bits per heavy atom. The topological polar surface area (TPSA) is 55.2 Å². The van der Waals surface area contributed by atoms with Gasteiger partial charge in [0.25, 0.3) is 5.69 Å². The molecule has 0 aliphatic heterocycles. The molecule has 4 nitrogen and oxygen atoms in total. The fraction of sp³-hybridized carbons (Fsp3) is 0.538. The highest BCUT2D eigenvalue weighted by Gasteiger charge is 2.30. The Morgan fingerprint density at radius 3 is 2.72 bits per heavy atom. The molecule has 1 fully saturated rings. The van der Waals surface area contributed by atoms with Gasteiger partial charge < -0.3 is 5.32 Å². The van der Waals surface area contributed by atoms with Gasteiger partial charge in [0.05, 0.1) is 11.0 Å². The summed E-state index contributed by atoms with van der Waals surface area (Å²) in [7, 11) is 0. The maximum atomic E-state index is 13.2. The van der Waals surface area contributed by atoms with Crippen molar-refractivity contribution < 1.29 is 9.31 Å². The molecule has 1 N–H and O–H groups in total. The van der Waals surface area contributed by atoms with Gasteiger partial charge in [0, 0.05) is 19.2 Å². The fourth-order valence-corrected chi connectivity index (χ4v) is 2.31.